The van der Waals surface area contributed by atoms with Crippen LogP contribution >= 0.6 is 0 Å². The Bertz CT molecular complexity index is 558. The Hall–Kier alpha value is -1.20. The van der Waals surface area contributed by atoms with Crippen LogP contribution in [0.3, 0.4) is 0 Å². The van der Waals surface area contributed by atoms with Crippen molar-refractivity contribution in [3.8, 4) is 0 Å². The lowest BCUT2D eigenvalue weighted by molar-refractivity contribution is 0.176. The Morgan fingerprint density at radius 2 is 1.95 bits per heavy atom. The molecular weight excluding hydrogens is 264 g/mol. The molecule has 0 aliphatic rings. The van der Waals surface area contributed by atoms with E-state index in [1.165, 1.54) is 6.17 Å². The Balaban J connectivity index is 2.23. The van der Waals surface area contributed by atoms with Crippen molar-refractivity contribution in [1.82, 2.24) is 19.9 Å². The summed E-state index contributed by atoms with van der Waals surface area (Å²) in [4.78, 5) is 2.55. The lowest BCUT2D eigenvalue weighted by Gasteiger charge is -2.33. The summed E-state index contributed by atoms with van der Waals surface area (Å²) in [6, 6.07) is 8.75. The van der Waals surface area contributed by atoms with Crippen molar-refractivity contribution < 1.29 is 0 Å². The first-order chi connectivity index (χ1) is 9.40. The molecule has 2 rings (SSSR count). The van der Waals surface area contributed by atoms with Gasteiger partial charge in [0.2, 0.25) is 0 Å². The fourth-order valence-electron chi connectivity index (χ4n) is 2.41. The molecule has 0 aliphatic carbocycles. The second-order valence-corrected chi connectivity index (χ2v) is 12.2. The fourth-order valence-corrected chi connectivity index (χ4v) is 4.04. The average molecular weight is 290 g/mol. The van der Waals surface area contributed by atoms with Gasteiger partial charge < -0.3 is 0 Å². The summed E-state index contributed by atoms with van der Waals surface area (Å²) in [6.07, 6.45) is 2.35. The van der Waals surface area contributed by atoms with Gasteiger partial charge in [-0.1, -0.05) is 43.9 Å². The minimum absolute atomic E-state index is 0.574. The normalized spacial score (nSPS) is 14.1. The highest BCUT2D eigenvalue weighted by Crippen LogP contribution is 2.15. The molecule has 5 heteroatoms. The molecule has 20 heavy (non-hydrogen) atoms. The zero-order valence-corrected chi connectivity index (χ0v) is 14.3. The first-order valence-electron chi connectivity index (χ1n) is 7.43. The highest BCUT2D eigenvalue weighted by atomic mass is 28.3. The molecule has 110 valence electrons. The van der Waals surface area contributed by atoms with Gasteiger partial charge in [0, 0.05) is 6.04 Å². The molecule has 1 aromatic carbocycles. The number of fused-ring (bicyclic) bond motifs is 1. The zero-order valence-electron chi connectivity index (χ0n) is 13.3. The number of hydrogen-bond donors (Lipinski definition) is 0. The van der Waals surface area contributed by atoms with E-state index in [-0.39, 0.29) is 0 Å². The molecule has 0 radical (unpaired) electrons. The van der Waals surface area contributed by atoms with E-state index >= 15 is 0 Å². The van der Waals surface area contributed by atoms with Gasteiger partial charge in [-0.25, -0.2) is 4.68 Å². The largest absolute Gasteiger partial charge is 0.284 e. The average Bonchev–Trinajstić information content (AvgIpc) is 2.79. The van der Waals surface area contributed by atoms with E-state index in [0.717, 1.165) is 24.1 Å². The van der Waals surface area contributed by atoms with E-state index in [1.54, 1.807) is 0 Å². The fraction of sp³-hybridized carbons (Fsp3) is 0.600. The van der Waals surface area contributed by atoms with Gasteiger partial charge in [0.25, 0.3) is 0 Å². The molecule has 4 nitrogen and oxygen atoms in total. The molecule has 1 unspecified atom stereocenters. The lowest BCUT2D eigenvalue weighted by atomic mass is 10.2. The minimum Gasteiger partial charge on any atom is -0.284 e. The molecule has 0 spiro atoms. The van der Waals surface area contributed by atoms with Crippen molar-refractivity contribution in [2.45, 2.75) is 52.6 Å². The zero-order chi connectivity index (χ0) is 14.8. The lowest BCUT2D eigenvalue weighted by Crippen LogP contribution is -2.45. The number of hydrogen-bond acceptors (Lipinski definition) is 3. The van der Waals surface area contributed by atoms with E-state index in [2.05, 4.69) is 54.8 Å². The van der Waals surface area contributed by atoms with E-state index in [1.807, 2.05) is 22.9 Å². The van der Waals surface area contributed by atoms with Gasteiger partial charge >= 0.3 is 0 Å². The van der Waals surface area contributed by atoms with Gasteiger partial charge in [0.15, 0.2) is 0 Å². The van der Waals surface area contributed by atoms with Crippen molar-refractivity contribution in [3.63, 3.8) is 0 Å². The summed E-state index contributed by atoms with van der Waals surface area (Å²) in [7, 11) is -1.14. The highest BCUT2D eigenvalue weighted by molar-refractivity contribution is 6.76. The summed E-state index contributed by atoms with van der Waals surface area (Å²) in [5, 5.41) is 8.57. The molecule has 0 amide bonds. The van der Waals surface area contributed by atoms with Crippen molar-refractivity contribution >= 4 is 19.1 Å². The summed E-state index contributed by atoms with van der Waals surface area (Å²) >= 11 is 0. The van der Waals surface area contributed by atoms with Crippen LogP contribution in [0.2, 0.25) is 19.6 Å². The van der Waals surface area contributed by atoms with Crippen LogP contribution in [0.5, 0.6) is 0 Å². The third-order valence-corrected chi connectivity index (χ3v) is 4.98. The topological polar surface area (TPSA) is 34.0 Å². The van der Waals surface area contributed by atoms with Gasteiger partial charge in [-0.15, -0.1) is 5.10 Å². The quantitative estimate of drug-likeness (QED) is 0.765. The minimum atomic E-state index is -1.14. The van der Waals surface area contributed by atoms with Crippen LogP contribution in [0.4, 0.5) is 0 Å². The van der Waals surface area contributed by atoms with Crippen LogP contribution in [0.1, 0.15) is 20.3 Å². The van der Waals surface area contributed by atoms with Crippen LogP contribution in [-0.2, 0) is 6.67 Å². The van der Waals surface area contributed by atoms with Gasteiger partial charge in [-0.3, -0.25) is 4.90 Å². The summed E-state index contributed by atoms with van der Waals surface area (Å²) in [5.41, 5.74) is 2.10. The predicted octanol–water partition coefficient (Wildman–Crippen LogP) is 3.37. The predicted molar refractivity (Wildman–Crippen MR) is 87.3 cm³/mol. The van der Waals surface area contributed by atoms with Crippen molar-refractivity contribution in [1.29, 1.82) is 0 Å². The number of para-hydroxylation sites is 1. The molecule has 0 bridgehead atoms. The second kappa shape index (κ2) is 6.05. The second-order valence-electron chi connectivity index (χ2n) is 6.78. The smallest absolute Gasteiger partial charge is 0.113 e. The summed E-state index contributed by atoms with van der Waals surface area (Å²) in [5.74, 6) is 0. The Kier molecular flexibility index (Phi) is 4.60. The Morgan fingerprint density at radius 1 is 1.25 bits per heavy atom. The van der Waals surface area contributed by atoms with Crippen molar-refractivity contribution in [3.05, 3.63) is 24.3 Å². The maximum Gasteiger partial charge on any atom is 0.113 e. The number of nitrogens with zero attached hydrogens (tertiary/aromatic N) is 4. The molecule has 1 aromatic heterocycles. The highest BCUT2D eigenvalue weighted by Gasteiger charge is 2.22. The van der Waals surface area contributed by atoms with Crippen LogP contribution < -0.4 is 0 Å². The molecule has 0 N–H and O–H groups in total. The molecule has 2 aromatic rings. The van der Waals surface area contributed by atoms with Gasteiger partial charge in [0.1, 0.15) is 5.52 Å². The number of aromatic nitrogens is 3. The Labute approximate surface area is 122 Å². The first-order valence-corrected chi connectivity index (χ1v) is 11.1. The summed E-state index contributed by atoms with van der Waals surface area (Å²) in [6.45, 7) is 12.6. The van der Waals surface area contributed by atoms with E-state index < -0.39 is 8.07 Å². The van der Waals surface area contributed by atoms with Gasteiger partial charge in [0.05, 0.1) is 20.3 Å². The number of benzene rings is 1. The first kappa shape index (κ1) is 15.2. The van der Waals surface area contributed by atoms with Gasteiger partial charge in [-0.05, 0) is 31.6 Å². The number of rotatable bonds is 6. The standard InChI is InChI=1S/C15H26N4Si/c1-6-13(2)18(12-20(3,4)5)11-19-15-10-8-7-9-14(15)16-17-19/h7-10,13H,6,11-12H2,1-5H3. The maximum atomic E-state index is 4.32. The monoisotopic (exact) mass is 290 g/mol. The third-order valence-electron chi connectivity index (χ3n) is 3.63. The summed E-state index contributed by atoms with van der Waals surface area (Å²) < 4.78 is 2.03. The maximum absolute atomic E-state index is 4.32. The van der Waals surface area contributed by atoms with E-state index in [0.29, 0.717) is 6.04 Å². The van der Waals surface area contributed by atoms with Crippen molar-refractivity contribution in [2.75, 3.05) is 6.17 Å². The van der Waals surface area contributed by atoms with Crippen LogP contribution in [-0.4, -0.2) is 40.2 Å². The Morgan fingerprint density at radius 3 is 2.60 bits per heavy atom. The van der Waals surface area contributed by atoms with E-state index in [9.17, 15) is 0 Å². The SMILES string of the molecule is CCC(C)N(Cn1nnc2ccccc21)C[Si](C)(C)C. The third kappa shape index (κ3) is 3.67. The van der Waals surface area contributed by atoms with Crippen LogP contribution in [0.15, 0.2) is 24.3 Å². The molecular formula is C15H26N4Si. The van der Waals surface area contributed by atoms with Crippen LogP contribution in [0, 0.1) is 0 Å². The van der Waals surface area contributed by atoms with Crippen molar-refractivity contribution in [2.24, 2.45) is 0 Å². The van der Waals surface area contributed by atoms with E-state index in [4.69, 9.17) is 0 Å². The molecule has 0 aliphatic heterocycles. The molecule has 0 saturated heterocycles. The molecule has 0 fully saturated rings. The van der Waals surface area contributed by atoms with Crippen LogP contribution in [0.25, 0.3) is 11.0 Å². The molecule has 0 saturated carbocycles. The molecule has 1 atom stereocenters. The molecule has 1 heterocycles. The van der Waals surface area contributed by atoms with Gasteiger partial charge in [-0.2, -0.15) is 0 Å².